The third kappa shape index (κ3) is 5.37. The number of aromatic nitrogens is 1. The second-order valence-corrected chi connectivity index (χ2v) is 5.23. The van der Waals surface area contributed by atoms with Crippen molar-refractivity contribution in [3.05, 3.63) is 41.4 Å². The van der Waals surface area contributed by atoms with Crippen LogP contribution < -0.4 is 5.32 Å². The Labute approximate surface area is 133 Å². The van der Waals surface area contributed by atoms with E-state index in [4.69, 9.17) is 0 Å². The van der Waals surface area contributed by atoms with Gasteiger partial charge in [-0.1, -0.05) is 30.3 Å². The summed E-state index contributed by atoms with van der Waals surface area (Å²) in [6.45, 7) is -2.27. The lowest BCUT2D eigenvalue weighted by Gasteiger charge is -2.08. The van der Waals surface area contributed by atoms with Crippen LogP contribution in [-0.2, 0) is 9.53 Å². The predicted molar refractivity (Wildman–Crippen MR) is 76.9 cm³/mol. The minimum Gasteiger partial charge on any atom is -0.451 e. The molecule has 0 saturated carbocycles. The van der Waals surface area contributed by atoms with Gasteiger partial charge in [-0.25, -0.2) is 9.78 Å². The van der Waals surface area contributed by atoms with E-state index in [0.717, 1.165) is 5.56 Å². The van der Waals surface area contributed by atoms with Crippen molar-refractivity contribution < 1.29 is 27.5 Å². The van der Waals surface area contributed by atoms with Crippen molar-refractivity contribution in [3.63, 3.8) is 0 Å². The maximum Gasteiger partial charge on any atom is 0.405 e. The van der Waals surface area contributed by atoms with Crippen LogP contribution in [0.4, 0.5) is 13.2 Å². The molecule has 2 rings (SSSR count). The molecular weight excluding hydrogens is 333 g/mol. The molecule has 1 heterocycles. The SMILES string of the molecule is O=C(COC(=O)c1csc(-c2ccccc2)n1)NCC(F)(F)F. The van der Waals surface area contributed by atoms with Gasteiger partial charge in [-0.3, -0.25) is 4.79 Å². The van der Waals surface area contributed by atoms with Crippen LogP contribution in [0, 0.1) is 0 Å². The lowest BCUT2D eigenvalue weighted by atomic mass is 10.2. The Hall–Kier alpha value is -2.42. The van der Waals surface area contributed by atoms with Crippen molar-refractivity contribution in [1.29, 1.82) is 0 Å². The Balaban J connectivity index is 1.87. The van der Waals surface area contributed by atoms with Crippen LogP contribution in [0.25, 0.3) is 10.6 Å². The number of thiazole rings is 1. The van der Waals surface area contributed by atoms with Crippen molar-refractivity contribution in [1.82, 2.24) is 10.3 Å². The average Bonchev–Trinajstić information content (AvgIpc) is 3.01. The van der Waals surface area contributed by atoms with Crippen molar-refractivity contribution in [2.75, 3.05) is 13.2 Å². The number of esters is 1. The molecule has 5 nitrogen and oxygen atoms in total. The summed E-state index contributed by atoms with van der Waals surface area (Å²) in [5.74, 6) is -1.90. The van der Waals surface area contributed by atoms with Crippen LogP contribution in [0.3, 0.4) is 0 Å². The van der Waals surface area contributed by atoms with Crippen molar-refractivity contribution in [2.45, 2.75) is 6.18 Å². The van der Waals surface area contributed by atoms with Gasteiger partial charge in [-0.2, -0.15) is 13.2 Å². The number of alkyl halides is 3. The Morgan fingerprint density at radius 2 is 1.91 bits per heavy atom. The molecule has 0 aliphatic carbocycles. The summed E-state index contributed by atoms with van der Waals surface area (Å²) in [5, 5.41) is 3.65. The highest BCUT2D eigenvalue weighted by Gasteiger charge is 2.27. The summed E-state index contributed by atoms with van der Waals surface area (Å²) in [7, 11) is 0. The molecule has 122 valence electrons. The van der Waals surface area contributed by atoms with Gasteiger partial charge in [0.1, 0.15) is 11.6 Å². The Bertz CT molecular complexity index is 686. The van der Waals surface area contributed by atoms with Crippen LogP contribution in [0.15, 0.2) is 35.7 Å². The van der Waals surface area contributed by atoms with E-state index in [-0.39, 0.29) is 5.69 Å². The zero-order valence-corrected chi connectivity index (χ0v) is 12.4. The molecule has 2 aromatic rings. The molecule has 1 N–H and O–H groups in total. The van der Waals surface area contributed by atoms with Crippen molar-refractivity contribution >= 4 is 23.2 Å². The maximum atomic E-state index is 11.9. The van der Waals surface area contributed by atoms with E-state index in [2.05, 4.69) is 9.72 Å². The molecule has 9 heteroatoms. The highest BCUT2D eigenvalue weighted by Crippen LogP contribution is 2.23. The number of rotatable bonds is 5. The molecule has 0 fully saturated rings. The minimum atomic E-state index is -4.51. The molecule has 0 radical (unpaired) electrons. The number of hydrogen-bond acceptors (Lipinski definition) is 5. The second-order valence-electron chi connectivity index (χ2n) is 4.37. The topological polar surface area (TPSA) is 68.3 Å². The fourth-order valence-electron chi connectivity index (χ4n) is 1.54. The Morgan fingerprint density at radius 1 is 1.22 bits per heavy atom. The fraction of sp³-hybridized carbons (Fsp3) is 0.214. The monoisotopic (exact) mass is 344 g/mol. The van der Waals surface area contributed by atoms with Gasteiger partial charge in [-0.05, 0) is 0 Å². The van der Waals surface area contributed by atoms with Gasteiger partial charge in [0.05, 0.1) is 0 Å². The summed E-state index contributed by atoms with van der Waals surface area (Å²) in [4.78, 5) is 26.9. The summed E-state index contributed by atoms with van der Waals surface area (Å²) < 4.78 is 40.4. The van der Waals surface area contributed by atoms with E-state index < -0.39 is 31.2 Å². The molecule has 0 bridgehead atoms. The molecule has 0 unspecified atom stereocenters. The summed E-state index contributed by atoms with van der Waals surface area (Å²) in [6, 6.07) is 9.11. The molecule has 0 aliphatic heterocycles. The van der Waals surface area contributed by atoms with E-state index in [0.29, 0.717) is 5.01 Å². The molecule has 1 aromatic heterocycles. The highest BCUT2D eigenvalue weighted by molar-refractivity contribution is 7.13. The van der Waals surface area contributed by atoms with Gasteiger partial charge in [0, 0.05) is 10.9 Å². The minimum absolute atomic E-state index is 0.00234. The number of halogens is 3. The number of carbonyl (C=O) groups is 2. The Kier molecular flexibility index (Phi) is 5.32. The standard InChI is InChI=1S/C14H11F3N2O3S/c15-14(16,17)8-18-11(20)6-22-13(21)10-7-23-12(19-10)9-4-2-1-3-5-9/h1-5,7H,6,8H2,(H,18,20). The number of hydrogen-bond donors (Lipinski definition) is 1. The van der Waals surface area contributed by atoms with E-state index in [1.165, 1.54) is 16.7 Å². The summed E-state index contributed by atoms with van der Waals surface area (Å²) in [6.07, 6.45) is -4.51. The molecule has 1 aromatic carbocycles. The van der Waals surface area contributed by atoms with Gasteiger partial charge < -0.3 is 10.1 Å². The molecule has 0 atom stereocenters. The summed E-state index contributed by atoms with van der Waals surface area (Å²) >= 11 is 1.22. The highest BCUT2D eigenvalue weighted by atomic mass is 32.1. The van der Waals surface area contributed by atoms with Crippen LogP contribution in [-0.4, -0.2) is 36.2 Å². The van der Waals surface area contributed by atoms with E-state index >= 15 is 0 Å². The first-order valence-electron chi connectivity index (χ1n) is 6.37. The predicted octanol–water partition coefficient (Wildman–Crippen LogP) is 2.65. The fourth-order valence-corrected chi connectivity index (χ4v) is 2.33. The molecule has 1 amide bonds. The normalized spacial score (nSPS) is 11.1. The van der Waals surface area contributed by atoms with Crippen LogP contribution in [0.1, 0.15) is 10.5 Å². The van der Waals surface area contributed by atoms with Gasteiger partial charge in [0.15, 0.2) is 12.3 Å². The third-order valence-electron chi connectivity index (χ3n) is 2.55. The van der Waals surface area contributed by atoms with Gasteiger partial charge >= 0.3 is 12.1 Å². The first-order valence-corrected chi connectivity index (χ1v) is 7.24. The number of carbonyl (C=O) groups excluding carboxylic acids is 2. The van der Waals surface area contributed by atoms with Crippen LogP contribution >= 0.6 is 11.3 Å². The molecule has 0 saturated heterocycles. The number of amides is 1. The third-order valence-corrected chi connectivity index (χ3v) is 3.45. The zero-order valence-electron chi connectivity index (χ0n) is 11.6. The van der Waals surface area contributed by atoms with Crippen molar-refractivity contribution in [2.24, 2.45) is 0 Å². The Morgan fingerprint density at radius 3 is 2.57 bits per heavy atom. The van der Waals surface area contributed by atoms with E-state index in [1.807, 2.05) is 30.3 Å². The second kappa shape index (κ2) is 7.23. The molecule has 23 heavy (non-hydrogen) atoms. The van der Waals surface area contributed by atoms with Gasteiger partial charge in [-0.15, -0.1) is 11.3 Å². The molecular formula is C14H11F3N2O3S. The quantitative estimate of drug-likeness (QED) is 0.847. The van der Waals surface area contributed by atoms with Gasteiger partial charge in [0.25, 0.3) is 5.91 Å². The largest absolute Gasteiger partial charge is 0.451 e. The van der Waals surface area contributed by atoms with Crippen LogP contribution in [0.2, 0.25) is 0 Å². The lowest BCUT2D eigenvalue weighted by Crippen LogP contribution is -2.36. The van der Waals surface area contributed by atoms with E-state index in [1.54, 1.807) is 5.32 Å². The average molecular weight is 344 g/mol. The van der Waals surface area contributed by atoms with Crippen LogP contribution in [0.5, 0.6) is 0 Å². The number of nitrogens with one attached hydrogen (secondary N) is 1. The zero-order chi connectivity index (χ0) is 16.9. The first kappa shape index (κ1) is 16.9. The number of ether oxygens (including phenoxy) is 1. The van der Waals surface area contributed by atoms with Crippen molar-refractivity contribution in [3.8, 4) is 10.6 Å². The summed E-state index contributed by atoms with van der Waals surface area (Å²) in [5.41, 5.74) is 0.817. The molecule has 0 aliphatic rings. The van der Waals surface area contributed by atoms with Gasteiger partial charge in [0.2, 0.25) is 0 Å². The number of nitrogens with zero attached hydrogens (tertiary/aromatic N) is 1. The molecule has 0 spiro atoms. The lowest BCUT2D eigenvalue weighted by molar-refractivity contribution is -0.140. The smallest absolute Gasteiger partial charge is 0.405 e. The number of benzene rings is 1. The van der Waals surface area contributed by atoms with E-state index in [9.17, 15) is 22.8 Å². The maximum absolute atomic E-state index is 11.9. The first-order chi connectivity index (χ1) is 10.8.